The third kappa shape index (κ3) is 15.0. The van der Waals surface area contributed by atoms with Crippen LogP contribution in [-0.4, -0.2) is 45.5 Å². The van der Waals surface area contributed by atoms with Crippen molar-refractivity contribution < 1.29 is 28.5 Å². The summed E-state index contributed by atoms with van der Waals surface area (Å²) in [5.41, 5.74) is 0.942. The summed E-state index contributed by atoms with van der Waals surface area (Å²) in [4.78, 5) is 11.1. The molecule has 0 N–H and O–H groups in total. The first-order valence-corrected chi connectivity index (χ1v) is 13.5. The highest BCUT2D eigenvalue weighted by Gasteiger charge is 2.31. The molecule has 0 aliphatic carbocycles. The Hall–Kier alpha value is -1.89. The maximum Gasteiger partial charge on any atom is 0.330 e. The second-order valence-corrected chi connectivity index (χ2v) is 8.54. The van der Waals surface area contributed by atoms with E-state index in [0.29, 0.717) is 19.8 Å². The number of ether oxygens (including phenoxy) is 5. The molecule has 0 aliphatic heterocycles. The Morgan fingerprint density at radius 2 is 1.23 bits per heavy atom. The van der Waals surface area contributed by atoms with Crippen molar-refractivity contribution in [2.75, 3.05) is 33.5 Å². The normalized spacial score (nSPS) is 11.8. The molecule has 0 fully saturated rings. The lowest BCUT2D eigenvalue weighted by atomic mass is 10.1. The molecule has 0 aliphatic rings. The minimum absolute atomic E-state index is 0.356. The first-order valence-electron chi connectivity index (χ1n) is 13.5. The van der Waals surface area contributed by atoms with E-state index in [-0.39, 0.29) is 5.97 Å². The number of hydrogen-bond acceptors (Lipinski definition) is 6. The van der Waals surface area contributed by atoms with Crippen molar-refractivity contribution in [1.29, 1.82) is 0 Å². The van der Waals surface area contributed by atoms with Crippen LogP contribution in [0.5, 0.6) is 5.75 Å². The molecule has 0 spiro atoms. The molecule has 0 amide bonds. The van der Waals surface area contributed by atoms with E-state index in [1.54, 1.807) is 6.08 Å². The van der Waals surface area contributed by atoms with Crippen molar-refractivity contribution in [3.05, 3.63) is 35.9 Å². The van der Waals surface area contributed by atoms with Gasteiger partial charge in [-0.3, -0.25) is 0 Å². The van der Waals surface area contributed by atoms with Gasteiger partial charge >= 0.3 is 5.97 Å². The van der Waals surface area contributed by atoms with Crippen LogP contribution in [0.2, 0.25) is 0 Å². The second-order valence-electron chi connectivity index (χ2n) is 8.54. The average Bonchev–Trinajstić information content (AvgIpc) is 2.86. The number of hydrogen-bond donors (Lipinski definition) is 0. The second kappa shape index (κ2) is 20.3. The summed E-state index contributed by atoms with van der Waals surface area (Å²) in [7, 11) is 1.37. The predicted molar refractivity (Wildman–Crippen MR) is 141 cm³/mol. The number of methoxy groups -OCH3 is 1. The van der Waals surface area contributed by atoms with Gasteiger partial charge in [0.2, 0.25) is 0 Å². The molecule has 1 aromatic rings. The summed E-state index contributed by atoms with van der Waals surface area (Å²) >= 11 is 0. The first-order chi connectivity index (χ1) is 17.1. The zero-order valence-corrected chi connectivity index (χ0v) is 22.5. The highest BCUT2D eigenvalue weighted by Crippen LogP contribution is 2.24. The Balaban J connectivity index is 2.01. The SMILES string of the molecule is CCOC(CCCCCCCCCCCCOc1ccc(C=CC(=O)OC)cc1)(OCC)OCC. The van der Waals surface area contributed by atoms with E-state index in [9.17, 15) is 4.79 Å². The lowest BCUT2D eigenvalue weighted by molar-refractivity contribution is -0.380. The summed E-state index contributed by atoms with van der Waals surface area (Å²) in [6.07, 6.45) is 16.2. The van der Waals surface area contributed by atoms with Crippen LogP contribution in [0.4, 0.5) is 0 Å². The topological polar surface area (TPSA) is 63.2 Å². The molecule has 0 unspecified atom stereocenters. The van der Waals surface area contributed by atoms with E-state index < -0.39 is 5.97 Å². The molecule has 0 saturated carbocycles. The Labute approximate surface area is 213 Å². The Morgan fingerprint density at radius 3 is 1.71 bits per heavy atom. The molecule has 200 valence electrons. The van der Waals surface area contributed by atoms with Crippen LogP contribution in [0.1, 0.15) is 97.0 Å². The van der Waals surface area contributed by atoms with Crippen molar-refractivity contribution in [2.45, 2.75) is 97.4 Å². The summed E-state index contributed by atoms with van der Waals surface area (Å²) < 4.78 is 27.8. The number of rotatable bonds is 22. The van der Waals surface area contributed by atoms with Gasteiger partial charge in [-0.1, -0.05) is 63.5 Å². The molecule has 0 aromatic heterocycles. The van der Waals surface area contributed by atoms with Crippen LogP contribution >= 0.6 is 0 Å². The van der Waals surface area contributed by atoms with Gasteiger partial charge in [0.25, 0.3) is 5.97 Å². The van der Waals surface area contributed by atoms with Crippen LogP contribution in [0.25, 0.3) is 6.08 Å². The van der Waals surface area contributed by atoms with Crippen LogP contribution in [0.15, 0.2) is 30.3 Å². The van der Waals surface area contributed by atoms with Gasteiger partial charge in [-0.05, 0) is 57.4 Å². The highest BCUT2D eigenvalue weighted by molar-refractivity contribution is 5.86. The third-order valence-corrected chi connectivity index (χ3v) is 5.73. The predicted octanol–water partition coefficient (Wildman–Crippen LogP) is 7.31. The molecule has 0 bridgehead atoms. The Bertz CT molecular complexity index is 653. The molecular weight excluding hydrogens is 444 g/mol. The summed E-state index contributed by atoms with van der Waals surface area (Å²) in [6, 6.07) is 7.73. The summed E-state index contributed by atoms with van der Waals surface area (Å²) in [5, 5.41) is 0. The number of carbonyl (C=O) groups excluding carboxylic acids is 1. The zero-order valence-electron chi connectivity index (χ0n) is 22.5. The van der Waals surface area contributed by atoms with Crippen molar-refractivity contribution in [3.8, 4) is 5.75 Å². The van der Waals surface area contributed by atoms with Gasteiger partial charge in [0, 0.05) is 32.3 Å². The smallest absolute Gasteiger partial charge is 0.330 e. The zero-order chi connectivity index (χ0) is 25.6. The van der Waals surface area contributed by atoms with E-state index in [1.165, 1.54) is 64.6 Å². The van der Waals surface area contributed by atoms with E-state index in [0.717, 1.165) is 37.2 Å². The number of carbonyl (C=O) groups is 1. The molecule has 1 rings (SSSR count). The van der Waals surface area contributed by atoms with Crippen LogP contribution in [0.3, 0.4) is 0 Å². The molecule has 0 atom stereocenters. The standard InChI is InChI=1S/C29H48O6/c1-5-33-29(34-6-2,35-7-3)24-16-14-12-10-8-9-11-13-15-17-25-32-27-21-18-26(19-22-27)20-23-28(30)31-4/h18-23H,5-17,24-25H2,1-4H3. The van der Waals surface area contributed by atoms with Gasteiger partial charge in [0.1, 0.15) is 5.75 Å². The lowest BCUT2D eigenvalue weighted by Gasteiger charge is -2.32. The van der Waals surface area contributed by atoms with Gasteiger partial charge in [0.05, 0.1) is 13.7 Å². The number of unbranched alkanes of at least 4 members (excludes halogenated alkanes) is 9. The fraction of sp³-hybridized carbons (Fsp3) is 0.690. The molecule has 6 heteroatoms. The van der Waals surface area contributed by atoms with Gasteiger partial charge in [-0.25, -0.2) is 4.79 Å². The average molecular weight is 493 g/mol. The summed E-state index contributed by atoms with van der Waals surface area (Å²) in [5.74, 6) is -0.346. The fourth-order valence-electron chi connectivity index (χ4n) is 3.96. The van der Waals surface area contributed by atoms with Crippen molar-refractivity contribution in [2.24, 2.45) is 0 Å². The van der Waals surface area contributed by atoms with E-state index in [4.69, 9.17) is 18.9 Å². The number of esters is 1. The van der Waals surface area contributed by atoms with E-state index >= 15 is 0 Å². The quantitative estimate of drug-likeness (QED) is 0.0732. The van der Waals surface area contributed by atoms with Crippen molar-refractivity contribution in [1.82, 2.24) is 0 Å². The Kier molecular flexibility index (Phi) is 18.1. The van der Waals surface area contributed by atoms with E-state index in [1.807, 2.05) is 45.0 Å². The minimum atomic E-state index is -0.853. The molecule has 6 nitrogen and oxygen atoms in total. The van der Waals surface area contributed by atoms with Gasteiger partial charge in [-0.15, -0.1) is 0 Å². The monoisotopic (exact) mass is 492 g/mol. The summed E-state index contributed by atoms with van der Waals surface area (Å²) in [6.45, 7) is 8.46. The van der Waals surface area contributed by atoms with Crippen molar-refractivity contribution in [3.63, 3.8) is 0 Å². The molecule has 0 radical (unpaired) electrons. The van der Waals surface area contributed by atoms with E-state index in [2.05, 4.69) is 4.74 Å². The van der Waals surface area contributed by atoms with Crippen LogP contribution < -0.4 is 4.74 Å². The highest BCUT2D eigenvalue weighted by atomic mass is 16.9. The van der Waals surface area contributed by atoms with Gasteiger partial charge < -0.3 is 23.7 Å². The fourth-order valence-corrected chi connectivity index (χ4v) is 3.96. The molecule has 0 saturated heterocycles. The molecule has 0 heterocycles. The molecule has 1 aromatic carbocycles. The van der Waals surface area contributed by atoms with Crippen LogP contribution in [-0.2, 0) is 23.7 Å². The van der Waals surface area contributed by atoms with Crippen LogP contribution in [0, 0.1) is 0 Å². The van der Waals surface area contributed by atoms with Gasteiger partial charge in [0.15, 0.2) is 0 Å². The third-order valence-electron chi connectivity index (χ3n) is 5.73. The Morgan fingerprint density at radius 1 is 0.743 bits per heavy atom. The maximum atomic E-state index is 11.1. The largest absolute Gasteiger partial charge is 0.494 e. The first kappa shape index (κ1) is 31.1. The molecular formula is C29H48O6. The van der Waals surface area contributed by atoms with Gasteiger partial charge in [-0.2, -0.15) is 0 Å². The minimum Gasteiger partial charge on any atom is -0.494 e. The lowest BCUT2D eigenvalue weighted by Crippen LogP contribution is -2.39. The number of benzene rings is 1. The van der Waals surface area contributed by atoms with Crippen molar-refractivity contribution >= 4 is 12.0 Å². The maximum absolute atomic E-state index is 11.1. The molecule has 35 heavy (non-hydrogen) atoms.